The van der Waals surface area contributed by atoms with Crippen molar-refractivity contribution in [3.63, 3.8) is 0 Å². The van der Waals surface area contributed by atoms with E-state index in [-0.39, 0.29) is 0 Å². The van der Waals surface area contributed by atoms with Gasteiger partial charge in [0, 0.05) is 31.2 Å². The van der Waals surface area contributed by atoms with Gasteiger partial charge >= 0.3 is 0 Å². The predicted molar refractivity (Wildman–Crippen MR) is 84.7 cm³/mol. The number of nitrogens with one attached hydrogen (secondary N) is 1. The fourth-order valence-electron chi connectivity index (χ4n) is 2.26. The quantitative estimate of drug-likeness (QED) is 0.661. The minimum absolute atomic E-state index is 0.309. The molecule has 0 saturated heterocycles. The molecule has 0 radical (unpaired) electrons. The largest absolute Gasteiger partial charge is 0.375 e. The second-order valence-electron chi connectivity index (χ2n) is 6.64. The van der Waals surface area contributed by atoms with Gasteiger partial charge in [0.05, 0.1) is 12.7 Å². The lowest BCUT2D eigenvalue weighted by Crippen LogP contribution is -2.42. The number of hydrogen-bond acceptors (Lipinski definition) is 3. The summed E-state index contributed by atoms with van der Waals surface area (Å²) in [6, 6.07) is 1.68. The summed E-state index contributed by atoms with van der Waals surface area (Å²) in [7, 11) is 0. The molecule has 0 aliphatic carbocycles. The highest BCUT2D eigenvalue weighted by molar-refractivity contribution is 4.70. The summed E-state index contributed by atoms with van der Waals surface area (Å²) < 4.78 is 6.08. The molecule has 0 aromatic carbocycles. The Kier molecular flexibility index (Phi) is 9.67. The first-order valence-electron chi connectivity index (χ1n) is 7.86. The number of ether oxygens (including phenoxy) is 1. The first-order chi connectivity index (χ1) is 8.75. The Morgan fingerprint density at radius 2 is 1.42 bits per heavy atom. The van der Waals surface area contributed by atoms with Crippen molar-refractivity contribution < 1.29 is 4.74 Å². The van der Waals surface area contributed by atoms with E-state index in [0.29, 0.717) is 30.1 Å². The van der Waals surface area contributed by atoms with Crippen LogP contribution in [0.4, 0.5) is 0 Å². The van der Waals surface area contributed by atoms with E-state index >= 15 is 0 Å². The van der Waals surface area contributed by atoms with Gasteiger partial charge in [0.1, 0.15) is 0 Å². The summed E-state index contributed by atoms with van der Waals surface area (Å²) in [5, 5.41) is 3.47. The van der Waals surface area contributed by atoms with Crippen molar-refractivity contribution in [3.8, 4) is 0 Å². The topological polar surface area (TPSA) is 24.5 Å². The van der Waals surface area contributed by atoms with Crippen LogP contribution in [0.25, 0.3) is 0 Å². The molecule has 19 heavy (non-hydrogen) atoms. The number of rotatable bonds is 10. The molecule has 3 heteroatoms. The second kappa shape index (κ2) is 9.73. The third-order valence-electron chi connectivity index (χ3n) is 3.48. The zero-order valence-electron chi connectivity index (χ0n) is 14.4. The molecule has 0 amide bonds. The van der Waals surface area contributed by atoms with Crippen molar-refractivity contribution in [2.45, 2.75) is 79.6 Å². The van der Waals surface area contributed by atoms with Gasteiger partial charge in [0.2, 0.25) is 0 Å². The predicted octanol–water partition coefficient (Wildman–Crippen LogP) is 3.14. The van der Waals surface area contributed by atoms with Crippen LogP contribution in [0.5, 0.6) is 0 Å². The minimum Gasteiger partial charge on any atom is -0.375 e. The van der Waals surface area contributed by atoms with Crippen LogP contribution in [0.15, 0.2) is 0 Å². The molecule has 0 aliphatic heterocycles. The number of nitrogens with zero attached hydrogens (tertiary/aromatic N) is 1. The monoisotopic (exact) mass is 272 g/mol. The van der Waals surface area contributed by atoms with E-state index < -0.39 is 0 Å². The lowest BCUT2D eigenvalue weighted by Gasteiger charge is -2.31. The van der Waals surface area contributed by atoms with Gasteiger partial charge in [-0.1, -0.05) is 27.7 Å². The molecule has 116 valence electrons. The van der Waals surface area contributed by atoms with E-state index in [4.69, 9.17) is 4.74 Å². The van der Waals surface area contributed by atoms with E-state index in [0.717, 1.165) is 19.7 Å². The van der Waals surface area contributed by atoms with Crippen molar-refractivity contribution in [2.75, 3.05) is 19.7 Å². The zero-order chi connectivity index (χ0) is 15.0. The molecule has 0 bridgehead atoms. The van der Waals surface area contributed by atoms with Crippen LogP contribution >= 0.6 is 0 Å². The standard InChI is InChI=1S/C16H36N2O/c1-12(2)16(11-17-13(3)4)19-10-9-18(14(5)6)15(7)8/h12-17H,9-11H2,1-8H3. The molecule has 0 heterocycles. The van der Waals surface area contributed by atoms with Gasteiger partial charge in [0.15, 0.2) is 0 Å². The SMILES string of the molecule is CC(C)NCC(OCCN(C(C)C)C(C)C)C(C)C. The Hall–Kier alpha value is -0.120. The highest BCUT2D eigenvalue weighted by atomic mass is 16.5. The first kappa shape index (κ1) is 18.9. The third-order valence-corrected chi connectivity index (χ3v) is 3.48. The summed E-state index contributed by atoms with van der Waals surface area (Å²) in [4.78, 5) is 2.48. The molecule has 0 rings (SSSR count). The molecular weight excluding hydrogens is 236 g/mol. The number of hydrogen-bond donors (Lipinski definition) is 1. The van der Waals surface area contributed by atoms with Crippen molar-refractivity contribution in [3.05, 3.63) is 0 Å². The summed E-state index contributed by atoms with van der Waals surface area (Å²) in [6.07, 6.45) is 0.309. The van der Waals surface area contributed by atoms with E-state index in [1.54, 1.807) is 0 Å². The first-order valence-corrected chi connectivity index (χ1v) is 7.86. The summed E-state index contributed by atoms with van der Waals surface area (Å²) in [5.41, 5.74) is 0. The molecule has 3 nitrogen and oxygen atoms in total. The van der Waals surface area contributed by atoms with E-state index in [1.165, 1.54) is 0 Å². The Balaban J connectivity index is 4.10. The van der Waals surface area contributed by atoms with Crippen LogP contribution in [0.3, 0.4) is 0 Å². The van der Waals surface area contributed by atoms with Gasteiger partial charge in [0.25, 0.3) is 0 Å². The van der Waals surface area contributed by atoms with Crippen LogP contribution in [0.2, 0.25) is 0 Å². The van der Waals surface area contributed by atoms with Gasteiger partial charge in [-0.3, -0.25) is 4.90 Å². The Morgan fingerprint density at radius 1 is 0.895 bits per heavy atom. The molecule has 0 fully saturated rings. The van der Waals surface area contributed by atoms with Gasteiger partial charge in [-0.15, -0.1) is 0 Å². The fourth-order valence-corrected chi connectivity index (χ4v) is 2.26. The van der Waals surface area contributed by atoms with Crippen LogP contribution in [0, 0.1) is 5.92 Å². The maximum atomic E-state index is 6.08. The van der Waals surface area contributed by atoms with Crippen LogP contribution in [0.1, 0.15) is 55.4 Å². The Labute approximate surface area is 121 Å². The lowest BCUT2D eigenvalue weighted by molar-refractivity contribution is 0.00174. The average molecular weight is 272 g/mol. The van der Waals surface area contributed by atoms with Gasteiger partial charge in [-0.05, 0) is 33.6 Å². The normalized spacial score (nSPS) is 14.4. The van der Waals surface area contributed by atoms with E-state index in [1.807, 2.05) is 0 Å². The summed E-state index contributed by atoms with van der Waals surface area (Å²) in [6.45, 7) is 20.6. The molecule has 1 N–H and O–H groups in total. The maximum Gasteiger partial charge on any atom is 0.0723 e. The second-order valence-corrected chi connectivity index (χ2v) is 6.64. The van der Waals surface area contributed by atoms with Crippen LogP contribution < -0.4 is 5.32 Å². The lowest BCUT2D eigenvalue weighted by atomic mass is 10.1. The fraction of sp³-hybridized carbons (Fsp3) is 1.00. The maximum absolute atomic E-state index is 6.08. The minimum atomic E-state index is 0.309. The third kappa shape index (κ3) is 8.61. The summed E-state index contributed by atoms with van der Waals surface area (Å²) in [5.74, 6) is 0.554. The molecule has 0 spiro atoms. The Bertz CT molecular complexity index is 207. The molecule has 0 saturated carbocycles. The smallest absolute Gasteiger partial charge is 0.0723 e. The summed E-state index contributed by atoms with van der Waals surface area (Å²) >= 11 is 0. The van der Waals surface area contributed by atoms with Gasteiger partial charge < -0.3 is 10.1 Å². The highest BCUT2D eigenvalue weighted by Gasteiger charge is 2.17. The van der Waals surface area contributed by atoms with Crippen molar-refractivity contribution in [1.29, 1.82) is 0 Å². The molecule has 0 aromatic rings. The van der Waals surface area contributed by atoms with E-state index in [9.17, 15) is 0 Å². The van der Waals surface area contributed by atoms with Crippen LogP contribution in [-0.4, -0.2) is 48.8 Å². The Morgan fingerprint density at radius 3 is 1.79 bits per heavy atom. The molecular formula is C16H36N2O. The highest BCUT2D eigenvalue weighted by Crippen LogP contribution is 2.08. The molecule has 0 aromatic heterocycles. The molecule has 0 aliphatic rings. The van der Waals surface area contributed by atoms with Crippen molar-refractivity contribution >= 4 is 0 Å². The van der Waals surface area contributed by atoms with E-state index in [2.05, 4.69) is 65.6 Å². The van der Waals surface area contributed by atoms with Crippen molar-refractivity contribution in [1.82, 2.24) is 10.2 Å². The molecule has 1 unspecified atom stereocenters. The zero-order valence-corrected chi connectivity index (χ0v) is 14.4. The van der Waals surface area contributed by atoms with Gasteiger partial charge in [-0.25, -0.2) is 0 Å². The van der Waals surface area contributed by atoms with Gasteiger partial charge in [-0.2, -0.15) is 0 Å². The molecule has 1 atom stereocenters. The van der Waals surface area contributed by atoms with Crippen molar-refractivity contribution in [2.24, 2.45) is 5.92 Å². The van der Waals surface area contributed by atoms with Crippen LogP contribution in [-0.2, 0) is 4.74 Å². The average Bonchev–Trinajstić information content (AvgIpc) is 2.25.